The maximum Gasteiger partial charge on any atom is 0.354 e. The van der Waals surface area contributed by atoms with Crippen LogP contribution in [0.1, 0.15) is 54.6 Å². The highest BCUT2D eigenvalue weighted by atomic mass is 16.5. The van der Waals surface area contributed by atoms with Gasteiger partial charge < -0.3 is 25.5 Å². The van der Waals surface area contributed by atoms with Gasteiger partial charge in [-0.05, 0) is 50.3 Å². The van der Waals surface area contributed by atoms with Crippen LogP contribution in [0.2, 0.25) is 0 Å². The second kappa shape index (κ2) is 7.96. The smallest absolute Gasteiger partial charge is 0.354 e. The molecule has 0 amide bonds. The summed E-state index contributed by atoms with van der Waals surface area (Å²) in [6, 6.07) is 11.3. The molecule has 3 aliphatic rings. The van der Waals surface area contributed by atoms with Crippen LogP contribution in [0.3, 0.4) is 0 Å². The van der Waals surface area contributed by atoms with E-state index in [1.807, 2.05) is 30.3 Å². The second-order valence-electron chi connectivity index (χ2n) is 8.86. The molecule has 3 N–H and O–H groups in total. The van der Waals surface area contributed by atoms with Crippen LogP contribution in [0.5, 0.6) is 0 Å². The van der Waals surface area contributed by atoms with Gasteiger partial charge in [-0.3, -0.25) is 0 Å². The zero-order chi connectivity index (χ0) is 21.4. The molecule has 0 unspecified atom stereocenters. The fourth-order valence-corrected chi connectivity index (χ4v) is 4.75. The summed E-state index contributed by atoms with van der Waals surface area (Å²) in [7, 11) is 0. The highest BCUT2D eigenvalue weighted by Gasteiger charge is 2.42. The van der Waals surface area contributed by atoms with Crippen molar-refractivity contribution in [2.24, 2.45) is 5.92 Å². The van der Waals surface area contributed by atoms with E-state index >= 15 is 0 Å². The van der Waals surface area contributed by atoms with Crippen molar-refractivity contribution >= 4 is 28.9 Å². The molecule has 2 saturated heterocycles. The summed E-state index contributed by atoms with van der Waals surface area (Å²) in [4.78, 5) is 18.6. The Labute approximate surface area is 181 Å². The van der Waals surface area contributed by atoms with Gasteiger partial charge in [-0.25, -0.2) is 9.78 Å². The van der Waals surface area contributed by atoms with Gasteiger partial charge in [0, 0.05) is 30.4 Å². The average Bonchev–Trinajstić information content (AvgIpc) is 2.71. The first kappa shape index (κ1) is 20.0. The van der Waals surface area contributed by atoms with E-state index in [1.54, 1.807) is 6.07 Å². The summed E-state index contributed by atoms with van der Waals surface area (Å²) in [6.45, 7) is 2.42. The van der Waals surface area contributed by atoms with Gasteiger partial charge >= 0.3 is 5.97 Å². The summed E-state index contributed by atoms with van der Waals surface area (Å²) in [6.07, 6.45) is 6.09. The Bertz CT molecular complexity index is 989. The third kappa shape index (κ3) is 3.78. The van der Waals surface area contributed by atoms with Crippen molar-refractivity contribution in [3.8, 4) is 0 Å². The predicted octanol–water partition coefficient (Wildman–Crippen LogP) is 4.45. The lowest BCUT2D eigenvalue weighted by Gasteiger charge is -2.48. The van der Waals surface area contributed by atoms with Gasteiger partial charge in [0.1, 0.15) is 5.82 Å². The van der Waals surface area contributed by atoms with Crippen molar-refractivity contribution in [2.45, 2.75) is 44.1 Å². The van der Waals surface area contributed by atoms with Gasteiger partial charge in [0.15, 0.2) is 5.69 Å². The third-order valence-corrected chi connectivity index (χ3v) is 7.02. The van der Waals surface area contributed by atoms with E-state index in [0.717, 1.165) is 75.2 Å². The minimum Gasteiger partial charge on any atom is -0.477 e. The quantitative estimate of drug-likeness (QED) is 0.597. The monoisotopic (exact) mass is 420 g/mol. The number of ether oxygens (including phenoxy) is 1. The van der Waals surface area contributed by atoms with Crippen molar-refractivity contribution in [3.05, 3.63) is 47.7 Å². The van der Waals surface area contributed by atoms with Crippen LogP contribution in [-0.2, 0) is 4.74 Å². The summed E-state index contributed by atoms with van der Waals surface area (Å²) in [5.74, 6) is -0.397. The highest BCUT2D eigenvalue weighted by Crippen LogP contribution is 2.41. The summed E-state index contributed by atoms with van der Waals surface area (Å²) in [5.41, 5.74) is 2.93. The Morgan fingerprint density at radius 1 is 1.19 bits per heavy atom. The molecule has 3 fully saturated rings. The first-order valence-electron chi connectivity index (χ1n) is 11.1. The van der Waals surface area contributed by atoms with Crippen LogP contribution in [0.4, 0.5) is 17.2 Å². The standard InChI is InChI=1S/C24H28N4O3/c25-21(16-5-4-6-16)20-19(28-12-9-24(10-13-28)11-14-31-24)15-18(23(29)30)27-22(20)26-17-7-2-1-3-8-17/h1-3,7-8,15-16,25H,4-6,9-14H2,(H,26,27)(H,29,30). The average molecular weight is 421 g/mol. The van der Waals surface area contributed by atoms with Crippen molar-refractivity contribution in [3.63, 3.8) is 0 Å². The zero-order valence-corrected chi connectivity index (χ0v) is 17.6. The van der Waals surface area contributed by atoms with Crippen LogP contribution in [0.15, 0.2) is 36.4 Å². The molecule has 2 aromatic rings. The molecule has 1 spiro atoms. The van der Waals surface area contributed by atoms with Crippen molar-refractivity contribution < 1.29 is 14.6 Å². The number of nitrogens with one attached hydrogen (secondary N) is 2. The number of para-hydroxylation sites is 1. The number of hydrogen-bond donors (Lipinski definition) is 3. The maximum atomic E-state index is 11.9. The molecule has 1 aromatic carbocycles. The molecule has 162 valence electrons. The molecule has 0 radical (unpaired) electrons. The first-order chi connectivity index (χ1) is 15.0. The molecular weight excluding hydrogens is 392 g/mol. The highest BCUT2D eigenvalue weighted by molar-refractivity contribution is 6.10. The van der Waals surface area contributed by atoms with Crippen molar-refractivity contribution in [1.29, 1.82) is 5.41 Å². The third-order valence-electron chi connectivity index (χ3n) is 7.02. The number of hydrogen-bond acceptors (Lipinski definition) is 6. The van der Waals surface area contributed by atoms with E-state index in [2.05, 4.69) is 15.2 Å². The lowest BCUT2D eigenvalue weighted by molar-refractivity contribution is -0.158. The number of piperidine rings is 1. The van der Waals surface area contributed by atoms with Gasteiger partial charge in [-0.2, -0.15) is 0 Å². The van der Waals surface area contributed by atoms with E-state index < -0.39 is 5.97 Å². The van der Waals surface area contributed by atoms with Crippen LogP contribution in [-0.4, -0.2) is 47.1 Å². The Morgan fingerprint density at radius 2 is 1.90 bits per heavy atom. The van der Waals surface area contributed by atoms with Crippen molar-refractivity contribution in [2.75, 3.05) is 29.9 Å². The summed E-state index contributed by atoms with van der Waals surface area (Å²) >= 11 is 0. The number of rotatable bonds is 6. The Balaban J connectivity index is 1.56. The Morgan fingerprint density at radius 3 is 2.45 bits per heavy atom. The molecule has 5 rings (SSSR count). The predicted molar refractivity (Wildman–Crippen MR) is 120 cm³/mol. The molecule has 7 nitrogen and oxygen atoms in total. The number of aromatic nitrogens is 1. The number of aromatic carboxylic acids is 1. The van der Waals surface area contributed by atoms with Crippen LogP contribution >= 0.6 is 0 Å². The number of anilines is 3. The number of carboxylic acid groups (broad SMARTS) is 1. The van der Waals surface area contributed by atoms with Crippen LogP contribution < -0.4 is 10.2 Å². The fraction of sp³-hybridized carbons (Fsp3) is 0.458. The Hall–Kier alpha value is -2.93. The molecule has 7 heteroatoms. The number of carboxylic acids is 1. The molecule has 0 bridgehead atoms. The summed E-state index contributed by atoms with van der Waals surface area (Å²) < 4.78 is 5.86. The lowest BCUT2D eigenvalue weighted by atomic mass is 9.78. The van der Waals surface area contributed by atoms with E-state index in [4.69, 9.17) is 10.1 Å². The molecule has 2 aliphatic heterocycles. The number of nitrogens with zero attached hydrogens (tertiary/aromatic N) is 2. The molecular formula is C24H28N4O3. The van der Waals surface area contributed by atoms with Gasteiger partial charge in [-0.15, -0.1) is 0 Å². The number of pyridine rings is 1. The van der Waals surface area contributed by atoms with E-state index in [-0.39, 0.29) is 17.2 Å². The molecule has 1 aliphatic carbocycles. The van der Waals surface area contributed by atoms with Crippen molar-refractivity contribution in [1.82, 2.24) is 4.98 Å². The SMILES string of the molecule is N=C(c1c(N2CCC3(CCO3)CC2)cc(C(=O)O)nc1Nc1ccccc1)C1CCC1. The zero-order valence-electron chi connectivity index (χ0n) is 17.6. The van der Waals surface area contributed by atoms with Gasteiger partial charge in [0.25, 0.3) is 0 Å². The van der Waals surface area contributed by atoms with Crippen LogP contribution in [0, 0.1) is 11.3 Å². The molecule has 3 heterocycles. The molecule has 0 atom stereocenters. The van der Waals surface area contributed by atoms with Gasteiger partial charge in [0.2, 0.25) is 0 Å². The van der Waals surface area contributed by atoms with Gasteiger partial charge in [0.05, 0.1) is 23.5 Å². The van der Waals surface area contributed by atoms with E-state index in [9.17, 15) is 9.90 Å². The summed E-state index contributed by atoms with van der Waals surface area (Å²) in [5, 5.41) is 22.0. The first-order valence-corrected chi connectivity index (χ1v) is 11.1. The normalized spacial score (nSPS) is 20.1. The number of carbonyl (C=O) groups is 1. The second-order valence-corrected chi connectivity index (χ2v) is 8.86. The Kier molecular flexibility index (Phi) is 5.14. The van der Waals surface area contributed by atoms with Gasteiger partial charge in [-0.1, -0.05) is 24.6 Å². The maximum absolute atomic E-state index is 11.9. The molecule has 1 saturated carbocycles. The van der Waals surface area contributed by atoms with Crippen LogP contribution in [0.25, 0.3) is 0 Å². The largest absolute Gasteiger partial charge is 0.477 e. The lowest BCUT2D eigenvalue weighted by Crippen LogP contribution is -2.52. The molecule has 31 heavy (non-hydrogen) atoms. The van der Waals surface area contributed by atoms with E-state index in [0.29, 0.717) is 11.5 Å². The fourth-order valence-electron chi connectivity index (χ4n) is 4.75. The number of benzene rings is 1. The molecule has 1 aromatic heterocycles. The topological polar surface area (TPSA) is 98.5 Å². The minimum absolute atomic E-state index is 0.00114. The van der Waals surface area contributed by atoms with E-state index in [1.165, 1.54) is 0 Å². The minimum atomic E-state index is -1.06.